The van der Waals surface area contributed by atoms with Crippen LogP contribution in [-0.4, -0.2) is 53.2 Å². The monoisotopic (exact) mass is 366 g/mol. The molecule has 8 nitrogen and oxygen atoms in total. The zero-order valence-electron chi connectivity index (χ0n) is 14.1. The van der Waals surface area contributed by atoms with Crippen molar-refractivity contribution in [1.29, 1.82) is 0 Å². The first kappa shape index (κ1) is 18.9. The summed E-state index contributed by atoms with van der Waals surface area (Å²) in [6.07, 6.45) is 2.81. The molecule has 1 aliphatic heterocycles. The number of imide groups is 1. The van der Waals surface area contributed by atoms with Gasteiger partial charge in [-0.2, -0.15) is 0 Å². The summed E-state index contributed by atoms with van der Waals surface area (Å²) in [6, 6.07) is 1.58. The molecule has 5 amide bonds. The number of primary amides is 1. The molecule has 136 valence electrons. The Morgan fingerprint density at radius 3 is 2.64 bits per heavy atom. The van der Waals surface area contributed by atoms with Crippen LogP contribution in [0.25, 0.3) is 0 Å². The van der Waals surface area contributed by atoms with Gasteiger partial charge in [0.05, 0.1) is 0 Å². The summed E-state index contributed by atoms with van der Waals surface area (Å²) in [5.74, 6) is -2.30. The van der Waals surface area contributed by atoms with Crippen molar-refractivity contribution in [3.8, 4) is 0 Å². The summed E-state index contributed by atoms with van der Waals surface area (Å²) in [6.45, 7) is 2.95. The summed E-state index contributed by atoms with van der Waals surface area (Å²) in [7, 11) is 0. The van der Waals surface area contributed by atoms with Gasteiger partial charge < -0.3 is 16.0 Å². The second-order valence-electron chi connectivity index (χ2n) is 5.76. The lowest BCUT2D eigenvalue weighted by Crippen LogP contribution is -2.59. The third kappa shape index (κ3) is 4.56. The van der Waals surface area contributed by atoms with Crippen LogP contribution >= 0.6 is 11.3 Å². The molecule has 2 heterocycles. The minimum Gasteiger partial charge on any atom is -0.368 e. The van der Waals surface area contributed by atoms with Crippen molar-refractivity contribution in [3.63, 3.8) is 0 Å². The fourth-order valence-electron chi connectivity index (χ4n) is 2.57. The van der Waals surface area contributed by atoms with E-state index >= 15 is 0 Å². The lowest BCUT2D eigenvalue weighted by molar-refractivity contribution is -0.153. The number of thiophene rings is 1. The molecule has 25 heavy (non-hydrogen) atoms. The average Bonchev–Trinajstić information content (AvgIpc) is 3.10. The molecule has 0 aromatic carbocycles. The standard InChI is InChI=1S/C16H22N4O4S/c1-2-3-4-7-19-8-9-20(15(23)14(19)22)16(24)18-12(13(17)21)11-6-5-10-25-11/h5-6,10,12H,2-4,7-9H2,1H3,(H2,17,21)(H,18,24). The fourth-order valence-corrected chi connectivity index (χ4v) is 3.36. The Morgan fingerprint density at radius 1 is 1.28 bits per heavy atom. The first-order valence-corrected chi connectivity index (χ1v) is 9.07. The molecule has 1 atom stereocenters. The Kier molecular flexibility index (Phi) is 6.51. The van der Waals surface area contributed by atoms with Gasteiger partial charge in [0.25, 0.3) is 0 Å². The molecule has 0 spiro atoms. The van der Waals surface area contributed by atoms with E-state index in [-0.39, 0.29) is 6.54 Å². The van der Waals surface area contributed by atoms with Crippen LogP contribution < -0.4 is 11.1 Å². The molecule has 1 aliphatic rings. The van der Waals surface area contributed by atoms with E-state index in [0.29, 0.717) is 18.0 Å². The first-order chi connectivity index (χ1) is 12.0. The number of piperazine rings is 1. The topological polar surface area (TPSA) is 113 Å². The molecule has 1 aromatic heterocycles. The van der Waals surface area contributed by atoms with Gasteiger partial charge in [0.15, 0.2) is 0 Å². The molecular formula is C16H22N4O4S. The number of carbonyl (C=O) groups excluding carboxylic acids is 4. The van der Waals surface area contributed by atoms with Crippen LogP contribution in [0.4, 0.5) is 4.79 Å². The largest absolute Gasteiger partial charge is 0.368 e. The van der Waals surface area contributed by atoms with Gasteiger partial charge in [0.2, 0.25) is 5.91 Å². The number of rotatable bonds is 7. The number of amides is 5. The summed E-state index contributed by atoms with van der Waals surface area (Å²) in [4.78, 5) is 51.2. The minimum absolute atomic E-state index is 0.0957. The summed E-state index contributed by atoms with van der Waals surface area (Å²) in [5, 5.41) is 4.19. The number of nitrogens with one attached hydrogen (secondary N) is 1. The van der Waals surface area contributed by atoms with E-state index in [2.05, 4.69) is 12.2 Å². The number of hydrogen-bond acceptors (Lipinski definition) is 5. The van der Waals surface area contributed by atoms with Crippen LogP contribution in [-0.2, 0) is 14.4 Å². The number of urea groups is 1. The van der Waals surface area contributed by atoms with Crippen LogP contribution in [0.2, 0.25) is 0 Å². The fraction of sp³-hybridized carbons (Fsp3) is 0.500. The zero-order valence-corrected chi connectivity index (χ0v) is 14.9. The van der Waals surface area contributed by atoms with E-state index in [1.807, 2.05) is 0 Å². The van der Waals surface area contributed by atoms with E-state index in [9.17, 15) is 19.2 Å². The predicted octanol–water partition coefficient (Wildman–Crippen LogP) is 0.845. The third-order valence-corrected chi connectivity index (χ3v) is 4.90. The Balaban J connectivity index is 1.99. The Hall–Kier alpha value is -2.42. The Labute approximate surface area is 150 Å². The van der Waals surface area contributed by atoms with Gasteiger partial charge in [0, 0.05) is 24.5 Å². The Bertz CT molecular complexity index is 647. The van der Waals surface area contributed by atoms with Crippen molar-refractivity contribution in [1.82, 2.24) is 15.1 Å². The highest BCUT2D eigenvalue weighted by Crippen LogP contribution is 2.19. The van der Waals surface area contributed by atoms with Crippen LogP contribution in [0.5, 0.6) is 0 Å². The molecule has 3 N–H and O–H groups in total. The van der Waals surface area contributed by atoms with Gasteiger partial charge in [-0.05, 0) is 17.9 Å². The van der Waals surface area contributed by atoms with Crippen LogP contribution in [0.3, 0.4) is 0 Å². The van der Waals surface area contributed by atoms with Crippen LogP contribution in [0.15, 0.2) is 17.5 Å². The predicted molar refractivity (Wildman–Crippen MR) is 92.6 cm³/mol. The molecule has 1 aromatic rings. The number of unbranched alkanes of at least 4 members (excludes halogenated alkanes) is 2. The van der Waals surface area contributed by atoms with Gasteiger partial charge in [-0.1, -0.05) is 25.8 Å². The van der Waals surface area contributed by atoms with Gasteiger partial charge in [-0.3, -0.25) is 19.3 Å². The van der Waals surface area contributed by atoms with Crippen molar-refractivity contribution in [2.45, 2.75) is 32.2 Å². The van der Waals surface area contributed by atoms with E-state index in [1.165, 1.54) is 16.2 Å². The SMILES string of the molecule is CCCCCN1CCN(C(=O)NC(C(N)=O)c2cccs2)C(=O)C1=O. The van der Waals surface area contributed by atoms with Crippen molar-refractivity contribution < 1.29 is 19.2 Å². The summed E-state index contributed by atoms with van der Waals surface area (Å²) in [5.41, 5.74) is 5.33. The van der Waals surface area contributed by atoms with Gasteiger partial charge in [-0.25, -0.2) is 4.79 Å². The lowest BCUT2D eigenvalue weighted by Gasteiger charge is -2.33. The maximum absolute atomic E-state index is 12.4. The van der Waals surface area contributed by atoms with E-state index in [0.717, 1.165) is 24.2 Å². The molecule has 1 fully saturated rings. The number of nitrogens with zero attached hydrogens (tertiary/aromatic N) is 2. The Morgan fingerprint density at radius 2 is 2.04 bits per heavy atom. The highest BCUT2D eigenvalue weighted by molar-refractivity contribution is 7.10. The third-order valence-electron chi connectivity index (χ3n) is 3.97. The van der Waals surface area contributed by atoms with Crippen molar-refractivity contribution >= 4 is 35.1 Å². The molecule has 2 rings (SSSR count). The maximum Gasteiger partial charge on any atom is 0.325 e. The first-order valence-electron chi connectivity index (χ1n) is 8.19. The highest BCUT2D eigenvalue weighted by Gasteiger charge is 2.37. The molecule has 0 saturated carbocycles. The molecule has 1 unspecified atom stereocenters. The van der Waals surface area contributed by atoms with E-state index in [4.69, 9.17) is 5.73 Å². The van der Waals surface area contributed by atoms with Crippen molar-refractivity contribution in [2.75, 3.05) is 19.6 Å². The van der Waals surface area contributed by atoms with E-state index < -0.39 is 29.8 Å². The molecule has 9 heteroatoms. The van der Waals surface area contributed by atoms with Crippen LogP contribution in [0, 0.1) is 0 Å². The van der Waals surface area contributed by atoms with Gasteiger partial charge in [-0.15, -0.1) is 11.3 Å². The normalized spacial score (nSPS) is 16.0. The van der Waals surface area contributed by atoms with Crippen LogP contribution in [0.1, 0.15) is 37.1 Å². The molecule has 0 bridgehead atoms. The summed E-state index contributed by atoms with van der Waals surface area (Å²) >= 11 is 1.27. The van der Waals surface area contributed by atoms with Crippen molar-refractivity contribution in [2.24, 2.45) is 5.73 Å². The smallest absolute Gasteiger partial charge is 0.325 e. The summed E-state index contributed by atoms with van der Waals surface area (Å²) < 4.78 is 0. The lowest BCUT2D eigenvalue weighted by atomic mass is 10.2. The number of hydrogen-bond donors (Lipinski definition) is 2. The minimum atomic E-state index is -1.03. The van der Waals surface area contributed by atoms with Gasteiger partial charge >= 0.3 is 17.8 Å². The molecule has 1 saturated heterocycles. The second-order valence-corrected chi connectivity index (χ2v) is 6.74. The number of nitrogens with two attached hydrogens (primary N) is 1. The quantitative estimate of drug-likeness (QED) is 0.550. The zero-order chi connectivity index (χ0) is 18.4. The molecule has 0 radical (unpaired) electrons. The molecule has 0 aliphatic carbocycles. The highest BCUT2D eigenvalue weighted by atomic mass is 32.1. The molecular weight excluding hydrogens is 344 g/mol. The maximum atomic E-state index is 12.4. The van der Waals surface area contributed by atoms with Crippen molar-refractivity contribution in [3.05, 3.63) is 22.4 Å². The average molecular weight is 366 g/mol. The second kappa shape index (κ2) is 8.61. The van der Waals surface area contributed by atoms with E-state index in [1.54, 1.807) is 17.5 Å². The van der Waals surface area contributed by atoms with Gasteiger partial charge in [0.1, 0.15) is 6.04 Å². The number of carbonyl (C=O) groups is 4.